The molecule has 1 aliphatic heterocycles. The molecule has 2 aromatic carbocycles. The van der Waals surface area contributed by atoms with Gasteiger partial charge in [0.15, 0.2) is 0 Å². The number of carbonyl (C=O) groups is 2. The Morgan fingerprint density at radius 2 is 1.91 bits per heavy atom. The summed E-state index contributed by atoms with van der Waals surface area (Å²) in [5, 5.41) is 0.159. The van der Waals surface area contributed by atoms with Crippen LogP contribution in [0.2, 0.25) is 15.3 Å². The highest BCUT2D eigenvalue weighted by atomic mass is 35.5. The number of amides is 2. The molecule has 6 nitrogen and oxygen atoms in total. The van der Waals surface area contributed by atoms with Crippen LogP contribution >= 0.6 is 46.6 Å². The number of hydrogen-bond donors (Lipinski definition) is 0. The van der Waals surface area contributed by atoms with Gasteiger partial charge in [-0.25, -0.2) is 4.98 Å². The van der Waals surface area contributed by atoms with E-state index in [0.29, 0.717) is 21.2 Å². The number of rotatable bonds is 5. The smallest absolute Gasteiger partial charge is 0.293 e. The summed E-state index contributed by atoms with van der Waals surface area (Å²) in [7, 11) is 0. The van der Waals surface area contributed by atoms with Gasteiger partial charge in [-0.1, -0.05) is 41.4 Å². The average molecular weight is 511 g/mol. The quantitative estimate of drug-likeness (QED) is 0.284. The summed E-state index contributed by atoms with van der Waals surface area (Å²) in [4.78, 5) is 33.8. The number of imide groups is 1. The Bertz CT molecular complexity index is 1270. The van der Waals surface area contributed by atoms with Crippen LogP contribution in [0.1, 0.15) is 11.1 Å². The molecule has 2 amide bonds. The van der Waals surface area contributed by atoms with Crippen LogP contribution in [0, 0.1) is 5.82 Å². The highest BCUT2D eigenvalue weighted by molar-refractivity contribution is 8.18. The lowest BCUT2D eigenvalue weighted by Crippen LogP contribution is -2.27. The van der Waals surface area contributed by atoms with Crippen LogP contribution in [0.4, 0.5) is 9.18 Å². The van der Waals surface area contributed by atoms with Crippen LogP contribution in [-0.2, 0) is 11.3 Å². The summed E-state index contributed by atoms with van der Waals surface area (Å²) < 4.78 is 19.3. The van der Waals surface area contributed by atoms with Crippen molar-refractivity contribution in [2.45, 2.75) is 6.54 Å². The first-order valence-electron chi connectivity index (χ1n) is 8.95. The van der Waals surface area contributed by atoms with E-state index in [0.717, 1.165) is 22.9 Å². The zero-order valence-electron chi connectivity index (χ0n) is 15.9. The number of benzene rings is 2. The van der Waals surface area contributed by atoms with Gasteiger partial charge in [-0.05, 0) is 64.8 Å². The second-order valence-electron chi connectivity index (χ2n) is 6.48. The fourth-order valence-corrected chi connectivity index (χ4v) is 4.08. The SMILES string of the molecule is O=C1S/C(=C/c2cccc(Oc3nc(Cl)ncc3F)c2)C(=O)N1Cc1ccc(Cl)c(Cl)c1. The fraction of sp³-hybridized carbons (Fsp3) is 0.0476. The van der Waals surface area contributed by atoms with Gasteiger partial charge in [0.1, 0.15) is 5.75 Å². The van der Waals surface area contributed by atoms with Gasteiger partial charge >= 0.3 is 0 Å². The first-order valence-corrected chi connectivity index (χ1v) is 10.9. The molecule has 0 saturated carbocycles. The topological polar surface area (TPSA) is 72.4 Å². The Balaban J connectivity index is 1.53. The molecule has 0 N–H and O–H groups in total. The first-order chi connectivity index (χ1) is 15.3. The molecule has 0 atom stereocenters. The Hall–Kier alpha value is -2.65. The zero-order valence-corrected chi connectivity index (χ0v) is 19.0. The Morgan fingerprint density at radius 3 is 2.69 bits per heavy atom. The molecule has 162 valence electrons. The van der Waals surface area contributed by atoms with Gasteiger partial charge in [-0.3, -0.25) is 14.5 Å². The van der Waals surface area contributed by atoms with Gasteiger partial charge in [0.25, 0.3) is 17.0 Å². The van der Waals surface area contributed by atoms with E-state index in [1.807, 2.05) is 0 Å². The van der Waals surface area contributed by atoms with E-state index in [1.165, 1.54) is 0 Å². The molecule has 1 saturated heterocycles. The third-order valence-electron chi connectivity index (χ3n) is 4.25. The third-order valence-corrected chi connectivity index (χ3v) is 6.08. The highest BCUT2D eigenvalue weighted by Crippen LogP contribution is 2.34. The van der Waals surface area contributed by atoms with Crippen molar-refractivity contribution in [1.82, 2.24) is 14.9 Å². The van der Waals surface area contributed by atoms with Crippen LogP contribution in [0.25, 0.3) is 6.08 Å². The van der Waals surface area contributed by atoms with E-state index in [9.17, 15) is 14.0 Å². The second-order valence-corrected chi connectivity index (χ2v) is 8.63. The molecular weight excluding hydrogens is 500 g/mol. The molecule has 1 fully saturated rings. The molecule has 3 aromatic rings. The largest absolute Gasteiger partial charge is 0.436 e. The predicted octanol–water partition coefficient (Wildman–Crippen LogP) is 6.60. The molecule has 1 aliphatic rings. The minimum Gasteiger partial charge on any atom is -0.436 e. The van der Waals surface area contributed by atoms with Crippen molar-refractivity contribution in [3.05, 3.63) is 85.8 Å². The number of carbonyl (C=O) groups excluding carboxylic acids is 2. The Kier molecular flexibility index (Phi) is 6.66. The normalized spacial score (nSPS) is 15.0. The van der Waals surface area contributed by atoms with Crippen molar-refractivity contribution in [2.24, 2.45) is 0 Å². The van der Waals surface area contributed by atoms with Gasteiger partial charge in [-0.15, -0.1) is 0 Å². The van der Waals surface area contributed by atoms with Crippen molar-refractivity contribution >= 4 is 63.8 Å². The molecule has 2 heterocycles. The van der Waals surface area contributed by atoms with Crippen molar-refractivity contribution in [3.63, 3.8) is 0 Å². The van der Waals surface area contributed by atoms with Gasteiger partial charge < -0.3 is 4.74 Å². The maximum absolute atomic E-state index is 13.8. The molecule has 0 aliphatic carbocycles. The average Bonchev–Trinajstić information content (AvgIpc) is 3.01. The van der Waals surface area contributed by atoms with Crippen LogP contribution in [-0.4, -0.2) is 26.0 Å². The van der Waals surface area contributed by atoms with Crippen LogP contribution in [0.3, 0.4) is 0 Å². The Labute approximate surface area is 201 Å². The molecule has 0 bridgehead atoms. The summed E-state index contributed by atoms with van der Waals surface area (Å²) in [6.45, 7) is 0.0653. The molecule has 11 heteroatoms. The molecular formula is C21H11Cl3FN3O3S. The van der Waals surface area contributed by atoms with Crippen LogP contribution in [0.5, 0.6) is 11.6 Å². The fourth-order valence-electron chi connectivity index (χ4n) is 2.79. The summed E-state index contributed by atoms with van der Waals surface area (Å²) in [5.41, 5.74) is 1.24. The molecule has 1 aromatic heterocycles. The van der Waals surface area contributed by atoms with E-state index in [-0.39, 0.29) is 28.4 Å². The predicted molar refractivity (Wildman–Crippen MR) is 121 cm³/mol. The summed E-state index contributed by atoms with van der Waals surface area (Å²) in [6.07, 6.45) is 2.45. The van der Waals surface area contributed by atoms with Crippen LogP contribution in [0.15, 0.2) is 53.6 Å². The second kappa shape index (κ2) is 9.46. The molecule has 4 rings (SSSR count). The monoisotopic (exact) mass is 509 g/mol. The zero-order chi connectivity index (χ0) is 22.8. The number of thioether (sulfide) groups is 1. The minimum atomic E-state index is -0.775. The standard InChI is InChI=1S/C21H11Cl3FN3O3S/c22-14-5-4-12(7-15(14)23)10-28-19(29)17(32-21(28)30)8-11-2-1-3-13(6-11)31-18-16(25)9-26-20(24)27-18/h1-9H,10H2/b17-8+. The first kappa shape index (κ1) is 22.5. The summed E-state index contributed by atoms with van der Waals surface area (Å²) in [6, 6.07) is 11.4. The number of hydrogen-bond acceptors (Lipinski definition) is 6. The van der Waals surface area contributed by atoms with Crippen molar-refractivity contribution in [2.75, 3.05) is 0 Å². The maximum atomic E-state index is 13.8. The lowest BCUT2D eigenvalue weighted by molar-refractivity contribution is -0.123. The number of halogens is 4. The van der Waals surface area contributed by atoms with Crippen molar-refractivity contribution in [1.29, 1.82) is 0 Å². The third kappa shape index (κ3) is 5.05. The van der Waals surface area contributed by atoms with E-state index >= 15 is 0 Å². The Morgan fingerprint density at radius 1 is 1.09 bits per heavy atom. The van der Waals surface area contributed by atoms with Crippen molar-refractivity contribution < 1.29 is 18.7 Å². The lowest BCUT2D eigenvalue weighted by atomic mass is 10.2. The highest BCUT2D eigenvalue weighted by Gasteiger charge is 2.35. The number of nitrogens with zero attached hydrogens (tertiary/aromatic N) is 3. The van der Waals surface area contributed by atoms with E-state index in [1.54, 1.807) is 48.5 Å². The van der Waals surface area contributed by atoms with E-state index in [4.69, 9.17) is 39.5 Å². The number of ether oxygens (including phenoxy) is 1. The van der Waals surface area contributed by atoms with Gasteiger partial charge in [0.2, 0.25) is 11.1 Å². The van der Waals surface area contributed by atoms with Gasteiger partial charge in [0.05, 0.1) is 27.7 Å². The number of aromatic nitrogens is 2. The maximum Gasteiger partial charge on any atom is 0.293 e. The molecule has 0 spiro atoms. The lowest BCUT2D eigenvalue weighted by Gasteiger charge is -2.13. The summed E-state index contributed by atoms with van der Waals surface area (Å²) in [5.74, 6) is -1.28. The van der Waals surface area contributed by atoms with E-state index in [2.05, 4.69) is 9.97 Å². The summed E-state index contributed by atoms with van der Waals surface area (Å²) >= 11 is 18.4. The van der Waals surface area contributed by atoms with Crippen LogP contribution < -0.4 is 4.74 Å². The van der Waals surface area contributed by atoms with Crippen molar-refractivity contribution in [3.8, 4) is 11.6 Å². The van der Waals surface area contributed by atoms with Gasteiger partial charge in [-0.2, -0.15) is 9.37 Å². The molecule has 32 heavy (non-hydrogen) atoms. The van der Waals surface area contributed by atoms with Gasteiger partial charge in [0, 0.05) is 0 Å². The van der Waals surface area contributed by atoms with E-state index < -0.39 is 17.0 Å². The minimum absolute atomic E-state index is 0.0653. The molecule has 0 radical (unpaired) electrons. The molecule has 0 unspecified atom stereocenters.